The molecule has 1 fully saturated rings. The van der Waals surface area contributed by atoms with Crippen LogP contribution in [-0.4, -0.2) is 35.1 Å². The fourth-order valence-corrected chi connectivity index (χ4v) is 3.00. The topological polar surface area (TPSA) is 54.5 Å². The number of urea groups is 1. The molecule has 2 amide bonds. The van der Waals surface area contributed by atoms with Crippen molar-refractivity contribution in [3.63, 3.8) is 0 Å². The van der Waals surface area contributed by atoms with Crippen LogP contribution in [0.3, 0.4) is 0 Å². The van der Waals surface area contributed by atoms with Gasteiger partial charge in [-0.3, -0.25) is 4.98 Å². The quantitative estimate of drug-likeness (QED) is 0.927. The Kier molecular flexibility index (Phi) is 5.33. The highest BCUT2D eigenvalue weighted by Gasteiger charge is 2.31. The molecule has 0 aliphatic carbocycles. The van der Waals surface area contributed by atoms with E-state index >= 15 is 0 Å². The van der Waals surface area contributed by atoms with E-state index in [2.05, 4.69) is 10.3 Å². The summed E-state index contributed by atoms with van der Waals surface area (Å²) in [5.41, 5.74) is 1.93. The van der Waals surface area contributed by atoms with Crippen LogP contribution in [-0.2, 0) is 11.3 Å². The molecule has 6 heteroatoms. The summed E-state index contributed by atoms with van der Waals surface area (Å²) in [5, 5.41) is 3.62. The van der Waals surface area contributed by atoms with Crippen molar-refractivity contribution in [3.8, 4) is 0 Å². The van der Waals surface area contributed by atoms with Crippen molar-refractivity contribution in [2.24, 2.45) is 0 Å². The molecule has 1 N–H and O–H groups in total. The lowest BCUT2D eigenvalue weighted by Crippen LogP contribution is -2.51. The molecule has 0 saturated carbocycles. The maximum Gasteiger partial charge on any atom is 0.318 e. The number of ether oxygens (including phenoxy) is 1. The molecular formula is C18H20ClN3O2. The highest BCUT2D eigenvalue weighted by Crippen LogP contribution is 2.29. The van der Waals surface area contributed by atoms with Gasteiger partial charge in [0.1, 0.15) is 6.10 Å². The second-order valence-electron chi connectivity index (χ2n) is 5.86. The van der Waals surface area contributed by atoms with Crippen LogP contribution in [0.25, 0.3) is 0 Å². The van der Waals surface area contributed by atoms with Gasteiger partial charge in [0.2, 0.25) is 0 Å². The van der Waals surface area contributed by atoms with Gasteiger partial charge in [-0.2, -0.15) is 0 Å². The van der Waals surface area contributed by atoms with E-state index in [0.29, 0.717) is 24.7 Å². The van der Waals surface area contributed by atoms with Gasteiger partial charge in [0.05, 0.1) is 19.2 Å². The molecule has 1 aromatic heterocycles. The van der Waals surface area contributed by atoms with Gasteiger partial charge >= 0.3 is 6.03 Å². The van der Waals surface area contributed by atoms with Crippen molar-refractivity contribution in [1.82, 2.24) is 15.2 Å². The fraction of sp³-hybridized carbons (Fsp3) is 0.333. The van der Waals surface area contributed by atoms with Crippen LogP contribution in [0.15, 0.2) is 48.8 Å². The number of rotatable bonds is 3. The Hall–Kier alpha value is -2.11. The van der Waals surface area contributed by atoms with E-state index in [4.69, 9.17) is 16.3 Å². The van der Waals surface area contributed by atoms with Crippen LogP contribution in [0.2, 0.25) is 5.02 Å². The highest BCUT2D eigenvalue weighted by molar-refractivity contribution is 6.31. The normalized spacial score (nSPS) is 20.7. The van der Waals surface area contributed by atoms with Gasteiger partial charge in [-0.1, -0.05) is 29.8 Å². The van der Waals surface area contributed by atoms with E-state index in [1.54, 1.807) is 17.3 Å². The first-order chi connectivity index (χ1) is 11.6. The van der Waals surface area contributed by atoms with Crippen molar-refractivity contribution < 1.29 is 9.53 Å². The summed E-state index contributed by atoms with van der Waals surface area (Å²) >= 11 is 6.26. The number of morpholine rings is 1. The molecule has 0 bridgehead atoms. The maximum atomic E-state index is 12.6. The predicted octanol–water partition coefficient (Wildman–Crippen LogP) is 3.41. The third kappa shape index (κ3) is 3.86. The van der Waals surface area contributed by atoms with Crippen molar-refractivity contribution in [1.29, 1.82) is 0 Å². The molecule has 1 aliphatic heterocycles. The van der Waals surface area contributed by atoms with Gasteiger partial charge in [-0.15, -0.1) is 0 Å². The number of hydrogen-bond donors (Lipinski definition) is 1. The largest absolute Gasteiger partial charge is 0.369 e. The summed E-state index contributed by atoms with van der Waals surface area (Å²) in [5.74, 6) is 0. The molecule has 2 atom stereocenters. The number of hydrogen-bond acceptors (Lipinski definition) is 3. The summed E-state index contributed by atoms with van der Waals surface area (Å²) in [4.78, 5) is 18.3. The van der Waals surface area contributed by atoms with E-state index in [0.717, 1.165) is 11.1 Å². The minimum atomic E-state index is -0.207. The Morgan fingerprint density at radius 3 is 2.83 bits per heavy atom. The first-order valence-electron chi connectivity index (χ1n) is 7.94. The van der Waals surface area contributed by atoms with Gasteiger partial charge in [0.15, 0.2) is 0 Å². The maximum absolute atomic E-state index is 12.6. The van der Waals surface area contributed by atoms with Crippen molar-refractivity contribution in [2.75, 3.05) is 13.2 Å². The summed E-state index contributed by atoms with van der Waals surface area (Å²) in [6.45, 7) is 3.42. The molecule has 2 aromatic rings. The third-order valence-electron chi connectivity index (χ3n) is 4.14. The monoisotopic (exact) mass is 345 g/mol. The highest BCUT2D eigenvalue weighted by atomic mass is 35.5. The van der Waals surface area contributed by atoms with Gasteiger partial charge in [0.25, 0.3) is 0 Å². The van der Waals surface area contributed by atoms with E-state index < -0.39 is 0 Å². The summed E-state index contributed by atoms with van der Waals surface area (Å²) in [7, 11) is 0. The first kappa shape index (κ1) is 16.7. The van der Waals surface area contributed by atoms with Crippen LogP contribution in [0.4, 0.5) is 4.79 Å². The standard InChI is InChI=1S/C18H20ClN3O2/c1-13-12-24-17(15-4-2-3-5-16(15)19)11-22(13)18(23)21-10-14-6-8-20-9-7-14/h2-9,13,17H,10-12H2,1H3,(H,21,23)/t13-,17-/m1/s1. The van der Waals surface area contributed by atoms with E-state index in [1.807, 2.05) is 43.3 Å². The number of carbonyl (C=O) groups is 1. The third-order valence-corrected chi connectivity index (χ3v) is 4.48. The van der Waals surface area contributed by atoms with Gasteiger partial charge < -0.3 is 15.0 Å². The number of carbonyl (C=O) groups excluding carboxylic acids is 1. The Balaban J connectivity index is 1.65. The van der Waals surface area contributed by atoms with Gasteiger partial charge in [-0.25, -0.2) is 4.79 Å². The summed E-state index contributed by atoms with van der Waals surface area (Å²) in [6.07, 6.45) is 3.22. The second-order valence-corrected chi connectivity index (χ2v) is 6.27. The van der Waals surface area contributed by atoms with Crippen molar-refractivity contribution in [2.45, 2.75) is 25.6 Å². The lowest BCUT2D eigenvalue weighted by atomic mass is 10.1. The minimum absolute atomic E-state index is 0.0150. The SMILES string of the molecule is C[C@@H]1CO[C@@H](c2ccccc2Cl)CN1C(=O)NCc1ccncc1. The molecule has 5 nitrogen and oxygen atoms in total. The number of aromatic nitrogens is 1. The lowest BCUT2D eigenvalue weighted by molar-refractivity contribution is -0.0427. The van der Waals surface area contributed by atoms with E-state index in [1.165, 1.54) is 0 Å². The average molecular weight is 346 g/mol. The molecule has 1 saturated heterocycles. The number of pyridine rings is 1. The van der Waals surface area contributed by atoms with Crippen LogP contribution >= 0.6 is 11.6 Å². The first-order valence-corrected chi connectivity index (χ1v) is 8.32. The molecule has 24 heavy (non-hydrogen) atoms. The van der Waals surface area contributed by atoms with Crippen LogP contribution < -0.4 is 5.32 Å². The second kappa shape index (κ2) is 7.64. The fourth-order valence-electron chi connectivity index (χ4n) is 2.74. The molecule has 0 unspecified atom stereocenters. The number of halogens is 1. The van der Waals surface area contributed by atoms with E-state index in [9.17, 15) is 4.79 Å². The number of nitrogens with zero attached hydrogens (tertiary/aromatic N) is 2. The molecule has 0 spiro atoms. The van der Waals surface area contributed by atoms with Gasteiger partial charge in [0, 0.05) is 29.5 Å². The van der Waals surface area contributed by atoms with Crippen LogP contribution in [0, 0.1) is 0 Å². The number of amides is 2. The zero-order chi connectivity index (χ0) is 16.9. The Morgan fingerprint density at radius 1 is 1.33 bits per heavy atom. The predicted molar refractivity (Wildman–Crippen MR) is 92.8 cm³/mol. The Labute approximate surface area is 146 Å². The van der Waals surface area contributed by atoms with E-state index in [-0.39, 0.29) is 18.2 Å². The zero-order valence-corrected chi connectivity index (χ0v) is 14.2. The number of benzene rings is 1. The molecule has 1 aliphatic rings. The summed E-state index contributed by atoms with van der Waals surface area (Å²) in [6, 6.07) is 11.3. The Morgan fingerprint density at radius 2 is 2.08 bits per heavy atom. The zero-order valence-electron chi connectivity index (χ0n) is 13.5. The van der Waals surface area contributed by atoms with Crippen molar-refractivity contribution >= 4 is 17.6 Å². The minimum Gasteiger partial charge on any atom is -0.369 e. The molecule has 1 aromatic carbocycles. The molecular weight excluding hydrogens is 326 g/mol. The molecule has 0 radical (unpaired) electrons. The molecule has 2 heterocycles. The van der Waals surface area contributed by atoms with Crippen molar-refractivity contribution in [3.05, 3.63) is 64.9 Å². The molecule has 126 valence electrons. The molecule has 3 rings (SSSR count). The van der Waals surface area contributed by atoms with Crippen LogP contribution in [0.5, 0.6) is 0 Å². The van der Waals surface area contributed by atoms with Gasteiger partial charge in [-0.05, 0) is 30.7 Å². The number of nitrogens with one attached hydrogen (secondary N) is 1. The Bertz CT molecular complexity index is 696. The lowest BCUT2D eigenvalue weighted by Gasteiger charge is -2.38. The smallest absolute Gasteiger partial charge is 0.318 e. The average Bonchev–Trinajstić information content (AvgIpc) is 2.61. The summed E-state index contributed by atoms with van der Waals surface area (Å²) < 4.78 is 5.89. The van der Waals surface area contributed by atoms with Crippen LogP contribution in [0.1, 0.15) is 24.2 Å².